The van der Waals surface area contributed by atoms with E-state index in [0.717, 1.165) is 27.2 Å². The number of hydrogen-bond donors (Lipinski definition) is 0. The van der Waals surface area contributed by atoms with Gasteiger partial charge in [0.2, 0.25) is 0 Å². The van der Waals surface area contributed by atoms with Crippen LogP contribution in [0.1, 0.15) is 17.0 Å². The van der Waals surface area contributed by atoms with Crippen molar-refractivity contribution in [3.63, 3.8) is 0 Å². The molecule has 2 nitrogen and oxygen atoms in total. The Bertz CT molecular complexity index is 569. The highest BCUT2D eigenvalue weighted by Gasteiger charge is 2.10. The molecule has 0 bridgehead atoms. The van der Waals surface area contributed by atoms with Gasteiger partial charge < -0.3 is 0 Å². The van der Waals surface area contributed by atoms with E-state index in [1.54, 1.807) is 11.3 Å². The third-order valence-electron chi connectivity index (χ3n) is 2.46. The van der Waals surface area contributed by atoms with Crippen molar-refractivity contribution >= 4 is 27.3 Å². The summed E-state index contributed by atoms with van der Waals surface area (Å²) in [6.07, 6.45) is 1.35. The fraction of sp³-hybridized carbons (Fsp3) is 0.231. The van der Waals surface area contributed by atoms with Gasteiger partial charge in [-0.1, -0.05) is 34.1 Å². The third kappa shape index (κ3) is 2.74. The van der Waals surface area contributed by atoms with Crippen LogP contribution >= 0.6 is 27.3 Å². The van der Waals surface area contributed by atoms with Crippen molar-refractivity contribution in [1.82, 2.24) is 4.98 Å². The molecule has 1 aromatic carbocycles. The molecule has 2 aromatic rings. The van der Waals surface area contributed by atoms with Gasteiger partial charge in [0.15, 0.2) is 0 Å². The molecule has 0 spiro atoms. The van der Waals surface area contributed by atoms with Gasteiger partial charge >= 0.3 is 0 Å². The monoisotopic (exact) mass is 306 g/mol. The summed E-state index contributed by atoms with van der Waals surface area (Å²) >= 11 is 5.21. The molecule has 86 valence electrons. The maximum absolute atomic E-state index is 8.61. The number of rotatable bonds is 3. The zero-order valence-electron chi connectivity index (χ0n) is 9.40. The Morgan fingerprint density at radius 3 is 2.88 bits per heavy atom. The minimum atomic E-state index is 0.554. The number of nitriles is 1. The van der Waals surface area contributed by atoms with E-state index in [2.05, 4.69) is 33.0 Å². The first-order valence-corrected chi connectivity index (χ1v) is 6.91. The summed E-state index contributed by atoms with van der Waals surface area (Å²) in [7, 11) is 0. The maximum Gasteiger partial charge on any atom is 0.124 e. The molecule has 1 heterocycles. The van der Waals surface area contributed by atoms with Gasteiger partial charge in [0, 0.05) is 21.3 Å². The Balaban J connectivity index is 2.35. The van der Waals surface area contributed by atoms with Crippen LogP contribution in [0.25, 0.3) is 10.6 Å². The largest absolute Gasteiger partial charge is 0.241 e. The predicted octanol–water partition coefficient (Wildman–Crippen LogP) is 4.34. The lowest BCUT2D eigenvalue weighted by atomic mass is 10.2. The Labute approximate surface area is 113 Å². The van der Waals surface area contributed by atoms with E-state index in [1.165, 1.54) is 4.88 Å². The molecule has 0 aliphatic heterocycles. The first-order valence-electron chi connectivity index (χ1n) is 5.30. The van der Waals surface area contributed by atoms with Crippen molar-refractivity contribution < 1.29 is 0 Å². The van der Waals surface area contributed by atoms with Crippen molar-refractivity contribution in [2.24, 2.45) is 0 Å². The van der Waals surface area contributed by atoms with Crippen LogP contribution in [0.5, 0.6) is 0 Å². The average molecular weight is 307 g/mol. The molecule has 0 aliphatic carbocycles. The quantitative estimate of drug-likeness (QED) is 0.846. The molecule has 4 heteroatoms. The summed E-state index contributed by atoms with van der Waals surface area (Å²) in [5.41, 5.74) is 2.15. The topological polar surface area (TPSA) is 36.7 Å². The molecule has 0 aliphatic rings. The van der Waals surface area contributed by atoms with E-state index in [-0.39, 0.29) is 0 Å². The second kappa shape index (κ2) is 5.44. The Kier molecular flexibility index (Phi) is 3.93. The van der Waals surface area contributed by atoms with Crippen molar-refractivity contribution in [3.05, 3.63) is 39.3 Å². The van der Waals surface area contributed by atoms with Gasteiger partial charge in [0.1, 0.15) is 5.01 Å². The van der Waals surface area contributed by atoms with Crippen molar-refractivity contribution in [2.45, 2.75) is 19.8 Å². The summed E-state index contributed by atoms with van der Waals surface area (Å²) in [5.74, 6) is 0. The molecule has 0 fully saturated rings. The number of thiazole rings is 1. The van der Waals surface area contributed by atoms with Gasteiger partial charge in [0.05, 0.1) is 11.8 Å². The zero-order chi connectivity index (χ0) is 12.3. The van der Waals surface area contributed by atoms with Crippen LogP contribution in [0.2, 0.25) is 0 Å². The van der Waals surface area contributed by atoms with Gasteiger partial charge in [-0.15, -0.1) is 11.3 Å². The van der Waals surface area contributed by atoms with E-state index in [1.807, 2.05) is 25.1 Å². The van der Waals surface area contributed by atoms with Gasteiger partial charge in [-0.25, -0.2) is 4.98 Å². The van der Waals surface area contributed by atoms with Crippen LogP contribution in [-0.4, -0.2) is 4.98 Å². The van der Waals surface area contributed by atoms with Gasteiger partial charge in [0.25, 0.3) is 0 Å². The number of halogens is 1. The number of nitrogens with zero attached hydrogens (tertiary/aromatic N) is 2. The average Bonchev–Trinajstić information content (AvgIpc) is 2.68. The molecule has 0 amide bonds. The van der Waals surface area contributed by atoms with E-state index >= 15 is 0 Å². The molecule has 0 saturated carbocycles. The molecule has 0 N–H and O–H groups in total. The summed E-state index contributed by atoms with van der Waals surface area (Å²) in [6.45, 7) is 2.00. The van der Waals surface area contributed by atoms with Gasteiger partial charge in [-0.3, -0.25) is 0 Å². The predicted molar refractivity (Wildman–Crippen MR) is 73.9 cm³/mol. The van der Waals surface area contributed by atoms with E-state index in [4.69, 9.17) is 5.26 Å². The van der Waals surface area contributed by atoms with E-state index in [0.29, 0.717) is 6.42 Å². The van der Waals surface area contributed by atoms with Crippen LogP contribution in [0.4, 0.5) is 0 Å². The molecule has 2 rings (SSSR count). The zero-order valence-corrected chi connectivity index (χ0v) is 11.8. The fourth-order valence-corrected chi connectivity index (χ4v) is 3.28. The lowest BCUT2D eigenvalue weighted by Gasteiger charge is -1.98. The number of aryl methyl sites for hydroxylation is 2. The van der Waals surface area contributed by atoms with Crippen LogP contribution in [0.3, 0.4) is 0 Å². The molecule has 17 heavy (non-hydrogen) atoms. The maximum atomic E-state index is 8.61. The highest BCUT2D eigenvalue weighted by molar-refractivity contribution is 9.10. The number of benzene rings is 1. The molecule has 1 aromatic heterocycles. The smallest absolute Gasteiger partial charge is 0.124 e. The Morgan fingerprint density at radius 1 is 1.41 bits per heavy atom. The van der Waals surface area contributed by atoms with E-state index in [9.17, 15) is 0 Å². The molecule has 0 saturated heterocycles. The molecular formula is C13H11BrN2S. The van der Waals surface area contributed by atoms with Crippen LogP contribution in [0, 0.1) is 18.3 Å². The summed E-state index contributed by atoms with van der Waals surface area (Å²) in [4.78, 5) is 5.78. The number of aromatic nitrogens is 1. The number of hydrogen-bond acceptors (Lipinski definition) is 3. The normalized spacial score (nSPS) is 10.2. The highest BCUT2D eigenvalue weighted by atomic mass is 79.9. The van der Waals surface area contributed by atoms with E-state index < -0.39 is 0 Å². The summed E-state index contributed by atoms with van der Waals surface area (Å²) in [5, 5.41) is 9.63. The first-order chi connectivity index (χ1) is 8.22. The third-order valence-corrected chi connectivity index (χ3v) is 4.40. The minimum Gasteiger partial charge on any atom is -0.241 e. The second-order valence-corrected chi connectivity index (χ2v) is 5.60. The van der Waals surface area contributed by atoms with Crippen molar-refractivity contribution in [1.29, 1.82) is 5.26 Å². The fourth-order valence-electron chi connectivity index (χ4n) is 1.58. The minimum absolute atomic E-state index is 0.554. The summed E-state index contributed by atoms with van der Waals surface area (Å²) in [6, 6.07) is 10.2. The van der Waals surface area contributed by atoms with Crippen LogP contribution in [0.15, 0.2) is 28.7 Å². The lowest BCUT2D eigenvalue weighted by Crippen LogP contribution is -1.82. The highest BCUT2D eigenvalue weighted by Crippen LogP contribution is 2.33. The Hall–Kier alpha value is -1.18. The SMILES string of the molecule is Cc1nc(-c2ccccc2Br)sc1CCC#N. The standard InChI is InChI=1S/C13H11BrN2S/c1-9-12(7-4-8-15)17-13(16-9)10-5-2-3-6-11(10)14/h2-3,5-6H,4,7H2,1H3. The van der Waals surface area contributed by atoms with Crippen LogP contribution < -0.4 is 0 Å². The second-order valence-electron chi connectivity index (χ2n) is 3.67. The first kappa shape index (κ1) is 12.3. The molecular weight excluding hydrogens is 296 g/mol. The van der Waals surface area contributed by atoms with Crippen molar-refractivity contribution in [3.8, 4) is 16.6 Å². The van der Waals surface area contributed by atoms with Gasteiger partial charge in [-0.2, -0.15) is 5.26 Å². The molecule has 0 unspecified atom stereocenters. The lowest BCUT2D eigenvalue weighted by molar-refractivity contribution is 1.01. The molecule has 0 atom stereocenters. The molecule has 0 radical (unpaired) electrons. The Morgan fingerprint density at radius 2 is 2.18 bits per heavy atom. The van der Waals surface area contributed by atoms with Gasteiger partial charge in [-0.05, 0) is 19.4 Å². The summed E-state index contributed by atoms with van der Waals surface area (Å²) < 4.78 is 1.06. The van der Waals surface area contributed by atoms with Crippen LogP contribution in [-0.2, 0) is 6.42 Å². The van der Waals surface area contributed by atoms with Crippen molar-refractivity contribution in [2.75, 3.05) is 0 Å².